The van der Waals surface area contributed by atoms with Gasteiger partial charge in [0, 0.05) is 16.3 Å². The number of aromatic nitrogens is 3. The number of aryl methyl sites for hydroxylation is 2. The van der Waals surface area contributed by atoms with Gasteiger partial charge < -0.3 is 5.32 Å². The molecule has 0 unspecified atom stereocenters. The first-order valence-electron chi connectivity index (χ1n) is 9.88. The molecular formula is C24H20Cl2N4OS. The minimum Gasteiger partial charge on any atom is -0.324 e. The molecule has 162 valence electrons. The summed E-state index contributed by atoms with van der Waals surface area (Å²) in [7, 11) is 0. The highest BCUT2D eigenvalue weighted by molar-refractivity contribution is 7.99. The molecule has 1 aromatic heterocycles. The second-order valence-electron chi connectivity index (χ2n) is 7.30. The lowest BCUT2D eigenvalue weighted by atomic mass is 10.1. The zero-order valence-electron chi connectivity index (χ0n) is 17.5. The van der Waals surface area contributed by atoms with Gasteiger partial charge in [-0.25, -0.2) is 0 Å². The molecule has 0 fully saturated rings. The summed E-state index contributed by atoms with van der Waals surface area (Å²) >= 11 is 13.4. The highest BCUT2D eigenvalue weighted by Crippen LogP contribution is 2.29. The molecule has 0 bridgehead atoms. The molecule has 3 aromatic carbocycles. The third-order valence-electron chi connectivity index (χ3n) is 4.77. The maximum atomic E-state index is 12.5. The molecule has 1 amide bonds. The van der Waals surface area contributed by atoms with Crippen LogP contribution in [0.5, 0.6) is 0 Å². The van der Waals surface area contributed by atoms with Crippen molar-refractivity contribution in [1.29, 1.82) is 0 Å². The average molecular weight is 483 g/mol. The van der Waals surface area contributed by atoms with E-state index in [4.69, 9.17) is 23.2 Å². The van der Waals surface area contributed by atoms with Crippen molar-refractivity contribution in [3.63, 3.8) is 0 Å². The maximum absolute atomic E-state index is 12.5. The Kier molecular flexibility index (Phi) is 6.84. The van der Waals surface area contributed by atoms with Gasteiger partial charge in [0.25, 0.3) is 0 Å². The smallest absolute Gasteiger partial charge is 0.234 e. The Hall–Kier alpha value is -2.80. The number of halogens is 2. The summed E-state index contributed by atoms with van der Waals surface area (Å²) in [6.07, 6.45) is 0. The molecule has 0 aliphatic heterocycles. The molecule has 5 nitrogen and oxygen atoms in total. The van der Waals surface area contributed by atoms with Gasteiger partial charge >= 0.3 is 0 Å². The van der Waals surface area contributed by atoms with E-state index in [1.54, 1.807) is 18.2 Å². The van der Waals surface area contributed by atoms with E-state index < -0.39 is 0 Å². The number of hydrogen-bond acceptors (Lipinski definition) is 4. The van der Waals surface area contributed by atoms with Gasteiger partial charge in [-0.15, -0.1) is 10.2 Å². The number of hydrogen-bond donors (Lipinski definition) is 1. The molecule has 0 saturated carbocycles. The van der Waals surface area contributed by atoms with Gasteiger partial charge in [0.2, 0.25) is 5.91 Å². The normalized spacial score (nSPS) is 10.9. The fraction of sp³-hybridized carbons (Fsp3) is 0.125. The van der Waals surface area contributed by atoms with Crippen molar-refractivity contribution in [3.8, 4) is 17.1 Å². The third-order valence-corrected chi connectivity index (χ3v) is 6.25. The molecule has 0 spiro atoms. The summed E-state index contributed by atoms with van der Waals surface area (Å²) < 4.78 is 1.97. The molecule has 8 heteroatoms. The molecule has 32 heavy (non-hydrogen) atoms. The molecule has 1 heterocycles. The van der Waals surface area contributed by atoms with Crippen LogP contribution in [0.2, 0.25) is 10.0 Å². The molecule has 1 N–H and O–H groups in total. The van der Waals surface area contributed by atoms with E-state index in [-0.39, 0.29) is 11.7 Å². The molecule has 0 saturated heterocycles. The minimum absolute atomic E-state index is 0.150. The minimum atomic E-state index is -0.199. The van der Waals surface area contributed by atoms with Gasteiger partial charge in [0.05, 0.1) is 16.5 Å². The van der Waals surface area contributed by atoms with Gasteiger partial charge in [-0.05, 0) is 44.2 Å². The van der Waals surface area contributed by atoms with E-state index in [1.165, 1.54) is 17.3 Å². The van der Waals surface area contributed by atoms with Crippen molar-refractivity contribution in [2.45, 2.75) is 19.0 Å². The van der Waals surface area contributed by atoms with Crippen molar-refractivity contribution < 1.29 is 4.79 Å². The van der Waals surface area contributed by atoms with Gasteiger partial charge in [0.1, 0.15) is 0 Å². The van der Waals surface area contributed by atoms with Crippen LogP contribution in [0.15, 0.2) is 71.9 Å². The van der Waals surface area contributed by atoms with E-state index in [1.807, 2.05) is 66.9 Å². The number of anilines is 1. The Morgan fingerprint density at radius 3 is 2.25 bits per heavy atom. The van der Waals surface area contributed by atoms with E-state index in [9.17, 15) is 4.79 Å². The van der Waals surface area contributed by atoms with Crippen LogP contribution in [0, 0.1) is 13.8 Å². The number of benzene rings is 3. The lowest BCUT2D eigenvalue weighted by Crippen LogP contribution is -2.15. The first-order valence-corrected chi connectivity index (χ1v) is 11.6. The molecular weight excluding hydrogens is 463 g/mol. The number of thioether (sulfide) groups is 1. The van der Waals surface area contributed by atoms with E-state index in [2.05, 4.69) is 15.5 Å². The standard InChI is InChI=1S/C24H20Cl2N4OS/c1-15-3-7-17(8-4-15)23-28-29-24(30(23)19-10-5-16(2)6-11-19)32-14-22(31)27-21-12-9-18(25)13-20(21)26/h3-13H,14H2,1-2H3,(H,27,31). The third kappa shape index (κ3) is 5.15. The van der Waals surface area contributed by atoms with Gasteiger partial charge in [-0.2, -0.15) is 0 Å². The summed E-state index contributed by atoms with van der Waals surface area (Å²) in [6.45, 7) is 4.08. The number of carbonyl (C=O) groups excluding carboxylic acids is 1. The zero-order valence-corrected chi connectivity index (χ0v) is 19.8. The van der Waals surface area contributed by atoms with E-state index in [0.717, 1.165) is 22.6 Å². The Bertz CT molecular complexity index is 1250. The Balaban J connectivity index is 1.60. The topological polar surface area (TPSA) is 59.8 Å². The largest absolute Gasteiger partial charge is 0.324 e. The SMILES string of the molecule is Cc1ccc(-c2nnc(SCC(=O)Nc3ccc(Cl)cc3Cl)n2-c2ccc(C)cc2)cc1. The Labute approximate surface area is 200 Å². The van der Waals surface area contributed by atoms with Crippen molar-refractivity contribution in [2.75, 3.05) is 11.1 Å². The first kappa shape index (κ1) is 22.4. The Morgan fingerprint density at radius 2 is 1.59 bits per heavy atom. The van der Waals surface area contributed by atoms with Crippen molar-refractivity contribution >= 4 is 46.6 Å². The van der Waals surface area contributed by atoms with Gasteiger partial charge in [-0.3, -0.25) is 9.36 Å². The second-order valence-corrected chi connectivity index (χ2v) is 9.09. The highest BCUT2D eigenvalue weighted by Gasteiger charge is 2.17. The molecule has 4 aromatic rings. The van der Waals surface area contributed by atoms with Crippen LogP contribution >= 0.6 is 35.0 Å². The fourth-order valence-electron chi connectivity index (χ4n) is 3.09. The highest BCUT2D eigenvalue weighted by atomic mass is 35.5. The number of nitrogens with zero attached hydrogens (tertiary/aromatic N) is 3. The number of amides is 1. The summed E-state index contributed by atoms with van der Waals surface area (Å²) in [5.74, 6) is 0.670. The van der Waals surface area contributed by atoms with Crippen LogP contribution in [0.25, 0.3) is 17.1 Å². The van der Waals surface area contributed by atoms with Crippen LogP contribution in [0.1, 0.15) is 11.1 Å². The van der Waals surface area contributed by atoms with Crippen LogP contribution in [0.4, 0.5) is 5.69 Å². The predicted molar refractivity (Wildman–Crippen MR) is 132 cm³/mol. The zero-order chi connectivity index (χ0) is 22.7. The molecule has 0 atom stereocenters. The summed E-state index contributed by atoms with van der Waals surface area (Å²) in [4.78, 5) is 12.5. The van der Waals surface area contributed by atoms with Crippen LogP contribution in [0.3, 0.4) is 0 Å². The monoisotopic (exact) mass is 482 g/mol. The summed E-state index contributed by atoms with van der Waals surface area (Å²) in [6, 6.07) is 21.2. The summed E-state index contributed by atoms with van der Waals surface area (Å²) in [5.41, 5.74) is 4.73. The molecule has 4 rings (SSSR count). The van der Waals surface area contributed by atoms with E-state index in [0.29, 0.717) is 20.9 Å². The summed E-state index contributed by atoms with van der Waals surface area (Å²) in [5, 5.41) is 13.1. The van der Waals surface area contributed by atoms with E-state index >= 15 is 0 Å². The van der Waals surface area contributed by atoms with Crippen LogP contribution in [-0.4, -0.2) is 26.4 Å². The first-order chi connectivity index (χ1) is 15.4. The van der Waals surface area contributed by atoms with Crippen molar-refractivity contribution in [3.05, 3.63) is 87.9 Å². The molecule has 0 aliphatic carbocycles. The number of rotatable bonds is 6. The lowest BCUT2D eigenvalue weighted by molar-refractivity contribution is -0.113. The van der Waals surface area contributed by atoms with Crippen molar-refractivity contribution in [1.82, 2.24) is 14.8 Å². The number of nitrogens with one attached hydrogen (secondary N) is 1. The van der Waals surface area contributed by atoms with Crippen molar-refractivity contribution in [2.24, 2.45) is 0 Å². The fourth-order valence-corrected chi connectivity index (χ4v) is 4.29. The molecule has 0 aliphatic rings. The number of carbonyl (C=O) groups is 1. The predicted octanol–water partition coefficient (Wildman–Crippen LogP) is 6.59. The average Bonchev–Trinajstić information content (AvgIpc) is 3.19. The lowest BCUT2D eigenvalue weighted by Gasteiger charge is -2.11. The maximum Gasteiger partial charge on any atom is 0.234 e. The van der Waals surface area contributed by atoms with Crippen LogP contribution in [-0.2, 0) is 4.79 Å². The quantitative estimate of drug-likeness (QED) is 0.315. The van der Waals surface area contributed by atoms with Gasteiger partial charge in [-0.1, -0.05) is 82.5 Å². The Morgan fingerprint density at radius 1 is 0.938 bits per heavy atom. The van der Waals surface area contributed by atoms with Crippen LogP contribution < -0.4 is 5.32 Å². The van der Waals surface area contributed by atoms with Gasteiger partial charge in [0.15, 0.2) is 11.0 Å². The molecule has 0 radical (unpaired) electrons. The second kappa shape index (κ2) is 9.77.